The van der Waals surface area contributed by atoms with Crippen LogP contribution < -0.4 is 0 Å². The van der Waals surface area contributed by atoms with Gasteiger partial charge < -0.3 is 14.9 Å². The normalized spacial score (nSPS) is 17.6. The summed E-state index contributed by atoms with van der Waals surface area (Å²) in [4.78, 5) is 3.96. The van der Waals surface area contributed by atoms with E-state index < -0.39 is 0 Å². The topological polar surface area (TPSA) is 26.7 Å². The summed E-state index contributed by atoms with van der Waals surface area (Å²) in [6, 6.07) is 0. The van der Waals surface area contributed by atoms with E-state index in [0.29, 0.717) is 0 Å². The molecule has 0 radical (unpaired) electrons. The van der Waals surface area contributed by atoms with Gasteiger partial charge in [0.05, 0.1) is 6.67 Å². The van der Waals surface area contributed by atoms with E-state index in [4.69, 9.17) is 5.11 Å². The van der Waals surface area contributed by atoms with E-state index in [1.54, 1.807) is 0 Å². The summed E-state index contributed by atoms with van der Waals surface area (Å²) in [5, 5.41) is 8.63. The standard InChI is InChI=1S/C6H12N2O/c1-2-7-3-4-8(5-7)6-9/h3-4,9H,2,5-6H2,1H3. The van der Waals surface area contributed by atoms with Crippen LogP contribution >= 0.6 is 0 Å². The van der Waals surface area contributed by atoms with Crippen molar-refractivity contribution in [1.29, 1.82) is 0 Å². The van der Waals surface area contributed by atoms with E-state index in [0.717, 1.165) is 13.2 Å². The molecular formula is C6H12N2O. The molecule has 52 valence electrons. The molecule has 0 saturated carbocycles. The average Bonchev–Trinajstić information content (AvgIpc) is 2.34. The van der Waals surface area contributed by atoms with E-state index in [1.165, 1.54) is 0 Å². The molecule has 3 heteroatoms. The maximum atomic E-state index is 8.63. The first-order valence-corrected chi connectivity index (χ1v) is 3.14. The molecule has 0 unspecified atom stereocenters. The summed E-state index contributed by atoms with van der Waals surface area (Å²) < 4.78 is 0. The largest absolute Gasteiger partial charge is 0.376 e. The first kappa shape index (κ1) is 6.42. The first-order chi connectivity index (χ1) is 4.36. The fraction of sp³-hybridized carbons (Fsp3) is 0.667. The van der Waals surface area contributed by atoms with E-state index in [2.05, 4.69) is 11.8 Å². The summed E-state index contributed by atoms with van der Waals surface area (Å²) in [5.74, 6) is 0. The van der Waals surface area contributed by atoms with Gasteiger partial charge in [-0.25, -0.2) is 0 Å². The maximum Gasteiger partial charge on any atom is 0.116 e. The molecule has 0 spiro atoms. The van der Waals surface area contributed by atoms with Crippen molar-refractivity contribution >= 4 is 0 Å². The van der Waals surface area contributed by atoms with Crippen molar-refractivity contribution in [3.8, 4) is 0 Å². The second kappa shape index (κ2) is 2.73. The Bertz CT molecular complexity index is 102. The molecule has 0 atom stereocenters. The highest BCUT2D eigenvalue weighted by atomic mass is 16.3. The van der Waals surface area contributed by atoms with Crippen LogP contribution in [0.3, 0.4) is 0 Å². The monoisotopic (exact) mass is 128 g/mol. The van der Waals surface area contributed by atoms with Gasteiger partial charge in [0.2, 0.25) is 0 Å². The van der Waals surface area contributed by atoms with E-state index >= 15 is 0 Å². The maximum absolute atomic E-state index is 8.63. The molecule has 1 N–H and O–H groups in total. The zero-order valence-electron chi connectivity index (χ0n) is 5.62. The third kappa shape index (κ3) is 1.36. The summed E-state index contributed by atoms with van der Waals surface area (Å²) in [7, 11) is 0. The molecule has 0 bridgehead atoms. The number of hydrogen-bond donors (Lipinski definition) is 1. The molecule has 1 heterocycles. The summed E-state index contributed by atoms with van der Waals surface area (Å²) in [6.45, 7) is 4.04. The summed E-state index contributed by atoms with van der Waals surface area (Å²) >= 11 is 0. The minimum atomic E-state index is 0.118. The minimum Gasteiger partial charge on any atom is -0.376 e. The van der Waals surface area contributed by atoms with Crippen LogP contribution in [0.2, 0.25) is 0 Å². The number of aliphatic hydroxyl groups is 1. The lowest BCUT2D eigenvalue weighted by Gasteiger charge is -2.16. The van der Waals surface area contributed by atoms with E-state index in [-0.39, 0.29) is 6.73 Å². The Morgan fingerprint density at radius 1 is 1.44 bits per heavy atom. The zero-order chi connectivity index (χ0) is 6.69. The van der Waals surface area contributed by atoms with Gasteiger partial charge in [0, 0.05) is 18.9 Å². The van der Waals surface area contributed by atoms with Crippen molar-refractivity contribution < 1.29 is 5.11 Å². The van der Waals surface area contributed by atoms with Gasteiger partial charge in [0.25, 0.3) is 0 Å². The van der Waals surface area contributed by atoms with E-state index in [9.17, 15) is 0 Å². The Morgan fingerprint density at radius 3 is 2.44 bits per heavy atom. The molecule has 1 aliphatic heterocycles. The van der Waals surface area contributed by atoms with Crippen molar-refractivity contribution in [1.82, 2.24) is 9.80 Å². The van der Waals surface area contributed by atoms with Gasteiger partial charge >= 0.3 is 0 Å². The van der Waals surface area contributed by atoms with Gasteiger partial charge in [-0.1, -0.05) is 0 Å². The Morgan fingerprint density at radius 2 is 2.11 bits per heavy atom. The molecule has 9 heavy (non-hydrogen) atoms. The lowest BCUT2D eigenvalue weighted by atomic mass is 10.6. The second-order valence-electron chi connectivity index (χ2n) is 2.07. The van der Waals surface area contributed by atoms with Crippen LogP contribution in [-0.4, -0.2) is 34.9 Å². The lowest BCUT2D eigenvalue weighted by Crippen LogP contribution is -2.25. The smallest absolute Gasteiger partial charge is 0.116 e. The zero-order valence-corrected chi connectivity index (χ0v) is 5.62. The van der Waals surface area contributed by atoms with Gasteiger partial charge in [0.15, 0.2) is 0 Å². The molecule has 1 aliphatic rings. The Labute approximate surface area is 55.2 Å². The predicted molar refractivity (Wildman–Crippen MR) is 35.3 cm³/mol. The van der Waals surface area contributed by atoms with Crippen LogP contribution in [0.15, 0.2) is 12.4 Å². The third-order valence-electron chi connectivity index (χ3n) is 1.44. The number of rotatable bonds is 2. The molecule has 0 amide bonds. The van der Waals surface area contributed by atoms with Gasteiger partial charge in [0.1, 0.15) is 6.73 Å². The first-order valence-electron chi connectivity index (χ1n) is 3.14. The summed E-state index contributed by atoms with van der Waals surface area (Å²) in [6.07, 6.45) is 3.87. The Balaban J connectivity index is 2.31. The van der Waals surface area contributed by atoms with Crippen molar-refractivity contribution in [3.05, 3.63) is 12.4 Å². The lowest BCUT2D eigenvalue weighted by molar-refractivity contribution is 0.129. The van der Waals surface area contributed by atoms with Gasteiger partial charge in [-0.3, -0.25) is 0 Å². The number of nitrogens with zero attached hydrogens (tertiary/aromatic N) is 2. The highest BCUT2D eigenvalue weighted by Crippen LogP contribution is 2.02. The molecular weight excluding hydrogens is 116 g/mol. The van der Waals surface area contributed by atoms with Crippen LogP contribution in [0, 0.1) is 0 Å². The molecule has 0 aromatic heterocycles. The molecule has 0 fully saturated rings. The van der Waals surface area contributed by atoms with Crippen molar-refractivity contribution in [2.24, 2.45) is 0 Å². The number of hydrogen-bond acceptors (Lipinski definition) is 3. The van der Waals surface area contributed by atoms with Crippen LogP contribution in [0.5, 0.6) is 0 Å². The quantitative estimate of drug-likeness (QED) is 0.567. The predicted octanol–water partition coefficient (Wildman–Crippen LogP) is 0.00240. The molecule has 3 nitrogen and oxygen atoms in total. The highest BCUT2D eigenvalue weighted by Gasteiger charge is 2.07. The average molecular weight is 128 g/mol. The Hall–Kier alpha value is -0.700. The van der Waals surface area contributed by atoms with Crippen molar-refractivity contribution in [2.45, 2.75) is 6.92 Å². The Kier molecular flexibility index (Phi) is 1.95. The van der Waals surface area contributed by atoms with Crippen LogP contribution in [0.25, 0.3) is 0 Å². The SMILES string of the molecule is CCN1C=CN(CO)C1. The molecule has 0 saturated heterocycles. The molecule has 0 aromatic carbocycles. The molecule has 1 rings (SSSR count). The molecule has 0 aromatic rings. The molecule has 0 aliphatic carbocycles. The van der Waals surface area contributed by atoms with Gasteiger partial charge in [-0.05, 0) is 6.92 Å². The van der Waals surface area contributed by atoms with E-state index in [1.807, 2.05) is 17.3 Å². The van der Waals surface area contributed by atoms with Crippen molar-refractivity contribution in [3.63, 3.8) is 0 Å². The highest BCUT2D eigenvalue weighted by molar-refractivity contribution is 4.88. The fourth-order valence-corrected chi connectivity index (χ4v) is 0.813. The van der Waals surface area contributed by atoms with Crippen LogP contribution in [0.1, 0.15) is 6.92 Å². The van der Waals surface area contributed by atoms with Crippen molar-refractivity contribution in [2.75, 3.05) is 19.9 Å². The van der Waals surface area contributed by atoms with Crippen LogP contribution in [0.4, 0.5) is 0 Å². The number of aliphatic hydroxyl groups excluding tert-OH is 1. The summed E-state index contributed by atoms with van der Waals surface area (Å²) in [5.41, 5.74) is 0. The third-order valence-corrected chi connectivity index (χ3v) is 1.44. The van der Waals surface area contributed by atoms with Crippen LogP contribution in [-0.2, 0) is 0 Å². The van der Waals surface area contributed by atoms with Gasteiger partial charge in [-0.2, -0.15) is 0 Å². The minimum absolute atomic E-state index is 0.118. The fourth-order valence-electron chi connectivity index (χ4n) is 0.813. The van der Waals surface area contributed by atoms with Gasteiger partial charge in [-0.15, -0.1) is 0 Å². The second-order valence-corrected chi connectivity index (χ2v) is 2.07.